The largest absolute Gasteiger partial charge is 0.456 e. The second kappa shape index (κ2) is 29.7. The maximum absolute atomic E-state index is 8.71. The molecule has 0 aliphatic carbocycles. The highest BCUT2D eigenvalue weighted by Crippen LogP contribution is 2.52. The molecule has 564 valence electrons. The molecule has 3 heteroatoms. The molecule has 0 aliphatic heterocycles. The van der Waals surface area contributed by atoms with Gasteiger partial charge in [-0.25, -0.2) is 0 Å². The van der Waals surface area contributed by atoms with Crippen LogP contribution in [0.5, 0.6) is 0 Å². The Balaban J connectivity index is 0.000000113. The van der Waals surface area contributed by atoms with Gasteiger partial charge in [-0.1, -0.05) is 406 Å². The zero-order valence-corrected chi connectivity index (χ0v) is 65.6. The van der Waals surface area contributed by atoms with Crippen LogP contribution < -0.4 is 0 Å². The van der Waals surface area contributed by atoms with Crippen LogP contribution in [-0.4, -0.2) is 0 Å². The van der Waals surface area contributed by atoms with Gasteiger partial charge in [0.05, 0.1) is 6.85 Å². The highest BCUT2D eigenvalue weighted by atomic mass is 16.3. The third-order valence-electron chi connectivity index (χ3n) is 24.3. The summed E-state index contributed by atoms with van der Waals surface area (Å²) in [4.78, 5) is 0. The minimum Gasteiger partial charge on any atom is -0.456 e. The average molecular weight is 1540 g/mol. The number of hydrogen-bond acceptors (Lipinski definition) is 3. The normalized spacial score (nSPS) is 12.2. The third-order valence-corrected chi connectivity index (χ3v) is 24.3. The van der Waals surface area contributed by atoms with Crippen molar-refractivity contribution in [2.75, 3.05) is 0 Å². The molecule has 22 aromatic carbocycles. The number of fused-ring (bicyclic) bond motifs is 16. The van der Waals surface area contributed by atoms with E-state index in [1.807, 2.05) is 84.9 Å². The van der Waals surface area contributed by atoms with Crippen molar-refractivity contribution in [1.82, 2.24) is 0 Å². The second-order valence-electron chi connectivity index (χ2n) is 31.0. The van der Waals surface area contributed by atoms with Crippen LogP contribution in [0, 0.1) is 0 Å². The summed E-state index contributed by atoms with van der Waals surface area (Å²) in [5, 5.41) is 22.7. The smallest absolute Gasteiger partial charge is 0.143 e. The van der Waals surface area contributed by atoms with Gasteiger partial charge in [0.25, 0.3) is 0 Å². The molecule has 0 spiro atoms. The number of benzene rings is 22. The molecule has 0 bridgehead atoms. The maximum atomic E-state index is 8.71. The molecule has 0 N–H and O–H groups in total. The first-order valence-electron chi connectivity index (χ1n) is 43.6. The van der Waals surface area contributed by atoms with Gasteiger partial charge in [-0.05, 0) is 212 Å². The lowest BCUT2D eigenvalue weighted by atomic mass is 9.84. The van der Waals surface area contributed by atoms with Gasteiger partial charge in [0, 0.05) is 37.9 Å². The third kappa shape index (κ3) is 12.0. The summed E-state index contributed by atoms with van der Waals surface area (Å²) >= 11 is 0. The fourth-order valence-electron chi connectivity index (χ4n) is 19.1. The van der Waals surface area contributed by atoms with Gasteiger partial charge in [-0.3, -0.25) is 0 Å². The van der Waals surface area contributed by atoms with Crippen molar-refractivity contribution in [3.05, 3.63) is 449 Å². The molecular weight excluding hydrogens is 1470 g/mol. The van der Waals surface area contributed by atoms with Gasteiger partial charge in [0.1, 0.15) is 33.5 Å². The van der Waals surface area contributed by atoms with Gasteiger partial charge in [-0.2, -0.15) is 0 Å². The van der Waals surface area contributed by atoms with Crippen molar-refractivity contribution >= 4 is 141 Å². The van der Waals surface area contributed by atoms with Crippen molar-refractivity contribution in [3.8, 4) is 100 Å². The minimum absolute atomic E-state index is 0.203. The quantitative estimate of drug-likeness (QED) is 0.135. The summed E-state index contributed by atoms with van der Waals surface area (Å²) < 4.78 is 61.2. The Labute approximate surface area is 705 Å². The standard InChI is InChI=1S/C54H34O.2C32H20O/c1-2-15-35(16-3-1)36-31-33-38(34-32-36)39-19-6-7-21-41(39)47-27-13-29-49-53-48(28-14-30-50(53)55-54(47)49)52-45-24-10-8-22-43(45)51(44-23-9-11-25-46(44)52)42-26-12-18-37-17-4-5-20-40(37)42;2*1-2-10-21(11-3-1)31-24-13-4-6-15-26(24)32(27-16-7-5-14-25(27)31)22-18-19-30-28(20-22)23-12-8-9-17-29(23)33-30/h1-34H;2*1-20H/i;1D,2D,3D,10D,11D;. The molecule has 0 atom stereocenters. The molecule has 0 fully saturated rings. The van der Waals surface area contributed by atoms with Crippen molar-refractivity contribution in [2.45, 2.75) is 0 Å². The van der Waals surface area contributed by atoms with Crippen LogP contribution in [0.3, 0.4) is 0 Å². The van der Waals surface area contributed by atoms with Crippen LogP contribution in [0.25, 0.3) is 241 Å². The summed E-state index contributed by atoms with van der Waals surface area (Å²) in [6.45, 7) is 0. The molecule has 0 aliphatic rings. The Morgan fingerprint density at radius 3 is 0.983 bits per heavy atom. The van der Waals surface area contributed by atoms with Gasteiger partial charge in [0.2, 0.25) is 0 Å². The number of rotatable bonds is 9. The maximum Gasteiger partial charge on any atom is 0.143 e. The first-order valence-corrected chi connectivity index (χ1v) is 41.1. The van der Waals surface area contributed by atoms with Crippen LogP contribution in [-0.2, 0) is 0 Å². The predicted molar refractivity (Wildman–Crippen MR) is 513 cm³/mol. The first-order chi connectivity index (χ1) is 62.1. The monoisotopic (exact) mass is 1540 g/mol. The molecule has 0 saturated carbocycles. The van der Waals surface area contributed by atoms with E-state index in [2.05, 4.69) is 334 Å². The molecule has 25 aromatic rings. The van der Waals surface area contributed by atoms with Crippen LogP contribution in [0.4, 0.5) is 0 Å². The van der Waals surface area contributed by atoms with E-state index in [1.165, 1.54) is 121 Å². The average Bonchev–Trinajstić information content (AvgIpc) is 1.51. The number of hydrogen-bond donors (Lipinski definition) is 0. The van der Waals surface area contributed by atoms with E-state index in [9.17, 15) is 0 Å². The van der Waals surface area contributed by atoms with Gasteiger partial charge < -0.3 is 13.3 Å². The molecule has 0 saturated heterocycles. The highest BCUT2D eigenvalue weighted by Gasteiger charge is 2.25. The highest BCUT2D eigenvalue weighted by molar-refractivity contribution is 6.29. The van der Waals surface area contributed by atoms with Gasteiger partial charge in [-0.15, -0.1) is 0 Å². The molecule has 3 aromatic heterocycles. The molecule has 0 amide bonds. The molecule has 0 radical (unpaired) electrons. The lowest BCUT2D eigenvalue weighted by molar-refractivity contribution is 0.668. The van der Waals surface area contributed by atoms with E-state index in [4.69, 9.17) is 20.1 Å². The molecule has 3 heterocycles. The SMILES string of the molecule is [2H]c1c([2H])c([2H])c(-c2c3ccccc3c(-c3ccc4oc5ccccc5c4c3)c3ccccc23)c([2H])c1[2H].c1ccc(-c2c3ccccc3c(-c3ccc4oc5ccccc5c4c3)c3ccccc23)cc1.c1ccc(-c2ccc(-c3ccccc3-c3cccc4c3oc3cccc(-c5c6ccccc6c(-c6cccc7ccccc67)c6ccccc56)c34)cc2)cc1. The summed E-state index contributed by atoms with van der Waals surface area (Å²) in [5.41, 5.74) is 25.2. The fraction of sp³-hybridized carbons (Fsp3) is 0. The Kier molecular flexibility index (Phi) is 16.0. The van der Waals surface area contributed by atoms with Gasteiger partial charge >= 0.3 is 0 Å². The second-order valence-corrected chi connectivity index (χ2v) is 31.0. The van der Waals surface area contributed by atoms with E-state index in [0.717, 1.165) is 110 Å². The number of furan rings is 3. The predicted octanol–water partition coefficient (Wildman–Crippen LogP) is 33.8. The molecule has 0 unspecified atom stereocenters. The van der Waals surface area contributed by atoms with E-state index < -0.39 is 6.04 Å². The first kappa shape index (κ1) is 65.2. The Bertz CT molecular complexity index is 8520. The molecule has 25 rings (SSSR count). The Hall–Kier alpha value is -15.9. The van der Waals surface area contributed by atoms with Crippen molar-refractivity contribution in [2.24, 2.45) is 0 Å². The van der Waals surface area contributed by atoms with E-state index in [1.54, 1.807) is 0 Å². The van der Waals surface area contributed by atoms with Crippen molar-refractivity contribution in [3.63, 3.8) is 0 Å². The number of para-hydroxylation sites is 3. The lowest BCUT2D eigenvalue weighted by Crippen LogP contribution is -1.92. The van der Waals surface area contributed by atoms with E-state index in [0.29, 0.717) is 5.56 Å². The lowest BCUT2D eigenvalue weighted by Gasteiger charge is -2.19. The topological polar surface area (TPSA) is 39.4 Å². The van der Waals surface area contributed by atoms with Crippen LogP contribution in [0.1, 0.15) is 6.85 Å². The fourth-order valence-corrected chi connectivity index (χ4v) is 19.1. The van der Waals surface area contributed by atoms with Crippen molar-refractivity contribution in [1.29, 1.82) is 0 Å². The summed E-state index contributed by atoms with van der Waals surface area (Å²) in [6, 6.07) is 146. The summed E-state index contributed by atoms with van der Waals surface area (Å²) in [7, 11) is 0. The van der Waals surface area contributed by atoms with Crippen LogP contribution in [0.2, 0.25) is 0 Å². The van der Waals surface area contributed by atoms with E-state index in [-0.39, 0.29) is 29.7 Å². The Morgan fingerprint density at radius 1 is 0.157 bits per heavy atom. The zero-order chi connectivity index (χ0) is 84.2. The van der Waals surface area contributed by atoms with Crippen molar-refractivity contribution < 1.29 is 20.1 Å². The summed E-state index contributed by atoms with van der Waals surface area (Å²) in [6.07, 6.45) is 0. The van der Waals surface area contributed by atoms with E-state index >= 15 is 0 Å². The molecule has 3 nitrogen and oxygen atoms in total. The van der Waals surface area contributed by atoms with Crippen LogP contribution >= 0.6 is 0 Å². The van der Waals surface area contributed by atoms with Crippen LogP contribution in [0.15, 0.2) is 462 Å². The van der Waals surface area contributed by atoms with Gasteiger partial charge in [0.15, 0.2) is 0 Å². The molecule has 121 heavy (non-hydrogen) atoms. The Morgan fingerprint density at radius 2 is 0.471 bits per heavy atom. The zero-order valence-electron chi connectivity index (χ0n) is 70.6. The minimum atomic E-state index is -0.394. The molecular formula is C118H74O3. The summed E-state index contributed by atoms with van der Waals surface area (Å²) in [5.74, 6) is 0.